The molecule has 1 N–H and O–H groups in total. The summed E-state index contributed by atoms with van der Waals surface area (Å²) in [5.74, 6) is 0.633. The Morgan fingerprint density at radius 1 is 1.09 bits per heavy atom. The summed E-state index contributed by atoms with van der Waals surface area (Å²) >= 11 is 13.0. The van der Waals surface area contributed by atoms with Crippen LogP contribution in [0, 0.1) is 0 Å². The maximum absolute atomic E-state index is 6.48. The highest BCUT2D eigenvalue weighted by Crippen LogP contribution is 2.43. The highest BCUT2D eigenvalue weighted by atomic mass is 35.5. The number of anilines is 1. The smallest absolute Gasteiger partial charge is 0.250 e. The van der Waals surface area contributed by atoms with Gasteiger partial charge in [-0.3, -0.25) is 0 Å². The molecule has 1 saturated heterocycles. The van der Waals surface area contributed by atoms with Gasteiger partial charge in [-0.05, 0) is 30.3 Å². The van der Waals surface area contributed by atoms with E-state index in [0.29, 0.717) is 15.8 Å². The fraction of sp³-hybridized carbons (Fsp3) is 0.625. The molecule has 0 amide bonds. The van der Waals surface area contributed by atoms with Crippen molar-refractivity contribution in [1.82, 2.24) is 5.32 Å². The standard InChI is InChI=1S/C16H26Cl2N2OSi/c1-16(2,3)22(4,5)21-15-13(17)10-12(11-14(15)18)20-8-6-19-7-9-20/h10-11,19H,6-9H2,1-5H3. The Bertz CT molecular complexity index is 514. The average Bonchev–Trinajstić information content (AvgIpc) is 2.42. The first-order valence-corrected chi connectivity index (χ1v) is 11.4. The Labute approximate surface area is 145 Å². The zero-order chi connectivity index (χ0) is 16.5. The van der Waals surface area contributed by atoms with E-state index in [1.807, 2.05) is 12.1 Å². The van der Waals surface area contributed by atoms with Gasteiger partial charge < -0.3 is 14.6 Å². The van der Waals surface area contributed by atoms with Gasteiger partial charge in [0.15, 0.2) is 0 Å². The molecule has 1 heterocycles. The minimum absolute atomic E-state index is 0.108. The molecule has 0 bridgehead atoms. The van der Waals surface area contributed by atoms with E-state index in [2.05, 4.69) is 44.1 Å². The van der Waals surface area contributed by atoms with Crippen molar-refractivity contribution in [3.63, 3.8) is 0 Å². The Balaban J connectivity index is 2.27. The van der Waals surface area contributed by atoms with E-state index < -0.39 is 8.32 Å². The van der Waals surface area contributed by atoms with Crippen LogP contribution in [0.5, 0.6) is 5.75 Å². The molecule has 6 heteroatoms. The van der Waals surface area contributed by atoms with Crippen LogP contribution in [0.3, 0.4) is 0 Å². The lowest BCUT2D eigenvalue weighted by Crippen LogP contribution is -2.44. The van der Waals surface area contributed by atoms with Crippen LogP contribution in [0.2, 0.25) is 28.2 Å². The number of nitrogens with one attached hydrogen (secondary N) is 1. The maximum Gasteiger partial charge on any atom is 0.250 e. The predicted octanol–water partition coefficient (Wildman–Crippen LogP) is 4.79. The first-order chi connectivity index (χ1) is 10.1. The molecular weight excluding hydrogens is 335 g/mol. The van der Waals surface area contributed by atoms with Gasteiger partial charge in [0.2, 0.25) is 0 Å². The number of benzene rings is 1. The first kappa shape index (κ1) is 17.9. The van der Waals surface area contributed by atoms with Crippen LogP contribution >= 0.6 is 23.2 Å². The fourth-order valence-corrected chi connectivity index (χ4v) is 3.88. The highest BCUT2D eigenvalue weighted by Gasteiger charge is 2.39. The van der Waals surface area contributed by atoms with Gasteiger partial charge in [0, 0.05) is 31.9 Å². The molecule has 1 aliphatic heterocycles. The van der Waals surface area contributed by atoms with Crippen LogP contribution in [0.4, 0.5) is 5.69 Å². The van der Waals surface area contributed by atoms with Gasteiger partial charge in [-0.15, -0.1) is 0 Å². The SMILES string of the molecule is CC(C)(C)[Si](C)(C)Oc1c(Cl)cc(N2CCNCC2)cc1Cl. The van der Waals surface area contributed by atoms with Gasteiger partial charge in [-0.2, -0.15) is 0 Å². The summed E-state index contributed by atoms with van der Waals surface area (Å²) in [5, 5.41) is 4.66. The number of nitrogens with zero attached hydrogens (tertiary/aromatic N) is 1. The summed E-state index contributed by atoms with van der Waals surface area (Å²) in [4.78, 5) is 2.30. The van der Waals surface area contributed by atoms with Crippen molar-refractivity contribution in [3.8, 4) is 5.75 Å². The van der Waals surface area contributed by atoms with E-state index in [9.17, 15) is 0 Å². The molecule has 0 aromatic heterocycles. The van der Waals surface area contributed by atoms with Crippen LogP contribution in [0.25, 0.3) is 0 Å². The molecule has 124 valence electrons. The molecule has 1 aromatic rings. The third-order valence-corrected chi connectivity index (χ3v) is 9.52. The Morgan fingerprint density at radius 2 is 1.59 bits per heavy atom. The van der Waals surface area contributed by atoms with E-state index >= 15 is 0 Å². The highest BCUT2D eigenvalue weighted by molar-refractivity contribution is 6.75. The molecule has 3 nitrogen and oxygen atoms in total. The quantitative estimate of drug-likeness (QED) is 0.784. The number of piperazine rings is 1. The zero-order valence-electron chi connectivity index (χ0n) is 14.1. The minimum atomic E-state index is -1.96. The van der Waals surface area contributed by atoms with Gasteiger partial charge in [0.05, 0.1) is 10.0 Å². The van der Waals surface area contributed by atoms with Crippen LogP contribution in [0.15, 0.2) is 12.1 Å². The monoisotopic (exact) mass is 360 g/mol. The van der Waals surface area contributed by atoms with Gasteiger partial charge in [-0.1, -0.05) is 44.0 Å². The Kier molecular flexibility index (Phi) is 5.37. The van der Waals surface area contributed by atoms with Crippen molar-refractivity contribution >= 4 is 37.2 Å². The summed E-state index contributed by atoms with van der Waals surface area (Å²) < 4.78 is 6.31. The lowest BCUT2D eigenvalue weighted by molar-refractivity contribution is 0.492. The Morgan fingerprint density at radius 3 is 2.05 bits per heavy atom. The minimum Gasteiger partial charge on any atom is -0.542 e. The zero-order valence-corrected chi connectivity index (χ0v) is 16.6. The van der Waals surface area contributed by atoms with E-state index in [1.54, 1.807) is 0 Å². The van der Waals surface area contributed by atoms with Crippen molar-refractivity contribution in [3.05, 3.63) is 22.2 Å². The maximum atomic E-state index is 6.48. The van der Waals surface area contributed by atoms with Gasteiger partial charge >= 0.3 is 0 Å². The predicted molar refractivity (Wildman–Crippen MR) is 99.4 cm³/mol. The van der Waals surface area contributed by atoms with Gasteiger partial charge in [0.1, 0.15) is 5.75 Å². The molecule has 0 aliphatic carbocycles. The molecule has 2 rings (SSSR count). The van der Waals surface area contributed by atoms with Crippen LogP contribution in [0.1, 0.15) is 20.8 Å². The summed E-state index contributed by atoms with van der Waals surface area (Å²) in [6.07, 6.45) is 0. The van der Waals surface area contributed by atoms with E-state index in [4.69, 9.17) is 27.6 Å². The van der Waals surface area contributed by atoms with E-state index in [1.165, 1.54) is 0 Å². The molecule has 1 aliphatic rings. The van der Waals surface area contributed by atoms with Crippen molar-refractivity contribution in [2.75, 3.05) is 31.1 Å². The first-order valence-electron chi connectivity index (χ1n) is 7.75. The topological polar surface area (TPSA) is 24.5 Å². The second-order valence-corrected chi connectivity index (χ2v) is 12.9. The second-order valence-electron chi connectivity index (χ2n) is 7.34. The van der Waals surface area contributed by atoms with E-state index in [0.717, 1.165) is 31.9 Å². The fourth-order valence-electron chi connectivity index (χ4n) is 2.16. The molecule has 0 radical (unpaired) electrons. The second kappa shape index (κ2) is 6.60. The van der Waals surface area contributed by atoms with Crippen LogP contribution in [-0.2, 0) is 0 Å². The third-order valence-electron chi connectivity index (χ3n) is 4.63. The summed E-state index contributed by atoms with van der Waals surface area (Å²) in [6.45, 7) is 14.9. The molecule has 1 aromatic carbocycles. The molecule has 22 heavy (non-hydrogen) atoms. The van der Waals surface area contributed by atoms with Gasteiger partial charge in [-0.25, -0.2) is 0 Å². The van der Waals surface area contributed by atoms with Crippen molar-refractivity contribution < 1.29 is 4.43 Å². The largest absolute Gasteiger partial charge is 0.542 e. The molecule has 1 fully saturated rings. The molecule has 0 saturated carbocycles. The number of rotatable bonds is 3. The van der Waals surface area contributed by atoms with Crippen LogP contribution in [-0.4, -0.2) is 34.5 Å². The normalized spacial score (nSPS) is 16.8. The number of halogens is 2. The van der Waals surface area contributed by atoms with Crippen LogP contribution < -0.4 is 14.6 Å². The summed E-state index contributed by atoms with van der Waals surface area (Å²) in [6, 6.07) is 3.95. The third kappa shape index (κ3) is 3.91. The molecule has 0 atom stereocenters. The summed E-state index contributed by atoms with van der Waals surface area (Å²) in [5.41, 5.74) is 1.07. The van der Waals surface area contributed by atoms with Gasteiger partial charge in [0.25, 0.3) is 8.32 Å². The lowest BCUT2D eigenvalue weighted by atomic mass is 10.2. The molecule has 0 unspecified atom stereocenters. The molecule has 0 spiro atoms. The molecular formula is C16H26Cl2N2OSi. The van der Waals surface area contributed by atoms with Crippen molar-refractivity contribution in [1.29, 1.82) is 0 Å². The summed E-state index contributed by atoms with van der Waals surface area (Å²) in [7, 11) is -1.96. The lowest BCUT2D eigenvalue weighted by Gasteiger charge is -2.37. The number of hydrogen-bond acceptors (Lipinski definition) is 3. The Hall–Kier alpha value is -0.423. The average molecular weight is 361 g/mol. The van der Waals surface area contributed by atoms with Crippen molar-refractivity contribution in [2.24, 2.45) is 0 Å². The van der Waals surface area contributed by atoms with E-state index in [-0.39, 0.29) is 5.04 Å². The number of hydrogen-bond donors (Lipinski definition) is 1. The van der Waals surface area contributed by atoms with Crippen molar-refractivity contribution in [2.45, 2.75) is 38.9 Å².